The summed E-state index contributed by atoms with van der Waals surface area (Å²) in [7, 11) is 1.74. The fraction of sp³-hybridized carbons (Fsp3) is 0.889. The molecule has 0 spiro atoms. The Balaban J connectivity index is 2.96. The molecule has 2 atom stereocenters. The highest BCUT2D eigenvalue weighted by Crippen LogP contribution is 2.33. The van der Waals surface area contributed by atoms with E-state index < -0.39 is 5.60 Å². The van der Waals surface area contributed by atoms with Gasteiger partial charge in [0.1, 0.15) is 5.60 Å². The molecule has 1 aliphatic heterocycles. The highest BCUT2D eigenvalue weighted by molar-refractivity contribution is 5.87. The Morgan fingerprint density at radius 1 is 1.67 bits per heavy atom. The zero-order valence-corrected chi connectivity index (χ0v) is 8.16. The van der Waals surface area contributed by atoms with E-state index in [4.69, 9.17) is 0 Å². The number of carbonyl (C=O) groups excluding carboxylic acids is 1. The number of hydrogen-bond donors (Lipinski definition) is 1. The molecule has 0 radical (unpaired) electrons. The molecule has 70 valence electrons. The van der Waals surface area contributed by atoms with E-state index in [2.05, 4.69) is 0 Å². The van der Waals surface area contributed by atoms with Crippen LogP contribution in [-0.4, -0.2) is 35.1 Å². The third-order valence-electron chi connectivity index (χ3n) is 2.87. The second-order valence-corrected chi connectivity index (χ2v) is 4.07. The van der Waals surface area contributed by atoms with E-state index >= 15 is 0 Å². The Bertz CT molecular complexity index is 203. The first kappa shape index (κ1) is 9.52. The molecule has 1 amide bonds. The Labute approximate surface area is 73.4 Å². The van der Waals surface area contributed by atoms with E-state index in [-0.39, 0.29) is 17.7 Å². The van der Waals surface area contributed by atoms with Crippen LogP contribution in [0.4, 0.5) is 0 Å². The van der Waals surface area contributed by atoms with Crippen molar-refractivity contribution in [3.05, 3.63) is 0 Å². The fourth-order valence-corrected chi connectivity index (χ4v) is 1.97. The Morgan fingerprint density at radius 2 is 2.17 bits per heavy atom. The maximum Gasteiger partial charge on any atom is 0.254 e. The molecule has 1 rings (SSSR count). The van der Waals surface area contributed by atoms with Gasteiger partial charge in [-0.1, -0.05) is 20.8 Å². The zero-order chi connectivity index (χ0) is 9.52. The van der Waals surface area contributed by atoms with E-state index in [1.807, 2.05) is 20.8 Å². The van der Waals surface area contributed by atoms with E-state index in [0.29, 0.717) is 6.54 Å². The molecular formula is C9H17NO2. The van der Waals surface area contributed by atoms with Crippen LogP contribution >= 0.6 is 0 Å². The summed E-state index contributed by atoms with van der Waals surface area (Å²) in [5.41, 5.74) is -1.13. The molecule has 1 heterocycles. The number of likely N-dealkylation sites (N-methyl/N-ethyl adjacent to an activating group) is 1. The maximum absolute atomic E-state index is 11.6. The largest absolute Gasteiger partial charge is 0.379 e. The van der Waals surface area contributed by atoms with Crippen molar-refractivity contribution in [2.75, 3.05) is 13.6 Å². The first-order valence-corrected chi connectivity index (χ1v) is 4.38. The van der Waals surface area contributed by atoms with Gasteiger partial charge in [-0.3, -0.25) is 4.79 Å². The van der Waals surface area contributed by atoms with Crippen LogP contribution in [0.5, 0.6) is 0 Å². The van der Waals surface area contributed by atoms with E-state index in [1.165, 1.54) is 0 Å². The summed E-state index contributed by atoms with van der Waals surface area (Å²) in [4.78, 5) is 13.2. The summed E-state index contributed by atoms with van der Waals surface area (Å²) in [6.07, 6.45) is 0. The van der Waals surface area contributed by atoms with Gasteiger partial charge in [0.15, 0.2) is 0 Å². The fourth-order valence-electron chi connectivity index (χ4n) is 1.97. The van der Waals surface area contributed by atoms with Gasteiger partial charge in [0.05, 0.1) is 0 Å². The van der Waals surface area contributed by atoms with Gasteiger partial charge >= 0.3 is 0 Å². The average molecular weight is 171 g/mol. The van der Waals surface area contributed by atoms with Crippen LogP contribution in [0.2, 0.25) is 0 Å². The van der Waals surface area contributed by atoms with E-state index in [0.717, 1.165) is 0 Å². The molecule has 0 aromatic carbocycles. The van der Waals surface area contributed by atoms with Gasteiger partial charge in [-0.25, -0.2) is 0 Å². The molecule has 0 aromatic rings. The van der Waals surface area contributed by atoms with Crippen molar-refractivity contribution in [1.82, 2.24) is 4.90 Å². The molecule has 1 fully saturated rings. The molecule has 3 heteroatoms. The number of nitrogens with zero attached hydrogens (tertiary/aromatic N) is 1. The molecule has 1 saturated heterocycles. The quantitative estimate of drug-likeness (QED) is 0.623. The van der Waals surface area contributed by atoms with Gasteiger partial charge < -0.3 is 10.0 Å². The minimum absolute atomic E-state index is 0.00931. The summed E-state index contributed by atoms with van der Waals surface area (Å²) < 4.78 is 0. The molecule has 1 aliphatic rings. The Kier molecular flexibility index (Phi) is 2.17. The van der Waals surface area contributed by atoms with Crippen LogP contribution < -0.4 is 0 Å². The van der Waals surface area contributed by atoms with Crippen LogP contribution in [0.1, 0.15) is 20.8 Å². The predicted octanol–water partition coefficient (Wildman–Crippen LogP) is 0.482. The van der Waals surface area contributed by atoms with Crippen molar-refractivity contribution in [2.24, 2.45) is 11.8 Å². The second-order valence-electron chi connectivity index (χ2n) is 4.07. The van der Waals surface area contributed by atoms with Crippen LogP contribution in [0.25, 0.3) is 0 Å². The number of hydrogen-bond acceptors (Lipinski definition) is 2. The molecule has 12 heavy (non-hydrogen) atoms. The van der Waals surface area contributed by atoms with Gasteiger partial charge in [0, 0.05) is 19.5 Å². The highest BCUT2D eigenvalue weighted by Gasteiger charge is 2.51. The van der Waals surface area contributed by atoms with Crippen molar-refractivity contribution < 1.29 is 9.90 Å². The topological polar surface area (TPSA) is 40.5 Å². The van der Waals surface area contributed by atoms with Crippen molar-refractivity contribution in [2.45, 2.75) is 26.4 Å². The lowest BCUT2D eigenvalue weighted by Crippen LogP contribution is -2.46. The predicted molar refractivity (Wildman–Crippen MR) is 46.6 cm³/mol. The minimum atomic E-state index is -1.13. The summed E-state index contributed by atoms with van der Waals surface area (Å²) in [6, 6.07) is 0. The van der Waals surface area contributed by atoms with Gasteiger partial charge in [-0.05, 0) is 5.92 Å². The van der Waals surface area contributed by atoms with E-state index in [1.54, 1.807) is 11.9 Å². The molecule has 0 bridgehead atoms. The summed E-state index contributed by atoms with van der Waals surface area (Å²) in [6.45, 7) is 6.34. The van der Waals surface area contributed by atoms with Crippen molar-refractivity contribution in [3.63, 3.8) is 0 Å². The SMILES string of the molecule is CC(C)C1(O)C(=O)N(C)CC1C. The molecule has 3 nitrogen and oxygen atoms in total. The van der Waals surface area contributed by atoms with Crippen LogP contribution in [0.15, 0.2) is 0 Å². The second kappa shape index (κ2) is 2.73. The summed E-state index contributed by atoms with van der Waals surface area (Å²) >= 11 is 0. The van der Waals surface area contributed by atoms with Crippen LogP contribution in [-0.2, 0) is 4.79 Å². The number of aliphatic hydroxyl groups is 1. The van der Waals surface area contributed by atoms with E-state index in [9.17, 15) is 9.90 Å². The maximum atomic E-state index is 11.6. The summed E-state index contributed by atoms with van der Waals surface area (Å²) in [5, 5.41) is 10.1. The van der Waals surface area contributed by atoms with Gasteiger partial charge in [0.2, 0.25) is 0 Å². The van der Waals surface area contributed by atoms with Crippen LogP contribution in [0.3, 0.4) is 0 Å². The van der Waals surface area contributed by atoms with Crippen molar-refractivity contribution in [3.8, 4) is 0 Å². The normalized spacial score (nSPS) is 36.7. The molecule has 0 aromatic heterocycles. The van der Waals surface area contributed by atoms with Gasteiger partial charge in [0.25, 0.3) is 5.91 Å². The average Bonchev–Trinajstić information content (AvgIpc) is 2.16. The summed E-state index contributed by atoms with van der Waals surface area (Å²) in [5.74, 6) is -0.107. The van der Waals surface area contributed by atoms with Crippen LogP contribution in [0, 0.1) is 11.8 Å². The van der Waals surface area contributed by atoms with Crippen molar-refractivity contribution in [1.29, 1.82) is 0 Å². The highest BCUT2D eigenvalue weighted by atomic mass is 16.3. The first-order chi connectivity index (χ1) is 5.40. The first-order valence-electron chi connectivity index (χ1n) is 4.38. The smallest absolute Gasteiger partial charge is 0.254 e. The van der Waals surface area contributed by atoms with Gasteiger partial charge in [-0.2, -0.15) is 0 Å². The number of amides is 1. The zero-order valence-electron chi connectivity index (χ0n) is 8.16. The molecule has 2 unspecified atom stereocenters. The lowest BCUT2D eigenvalue weighted by molar-refractivity contribution is -0.148. The number of rotatable bonds is 1. The molecule has 1 N–H and O–H groups in total. The molecule has 0 aliphatic carbocycles. The Morgan fingerprint density at radius 3 is 2.33 bits per heavy atom. The minimum Gasteiger partial charge on any atom is -0.379 e. The molecule has 0 saturated carbocycles. The number of carbonyl (C=O) groups is 1. The monoisotopic (exact) mass is 171 g/mol. The van der Waals surface area contributed by atoms with Crippen molar-refractivity contribution >= 4 is 5.91 Å². The van der Waals surface area contributed by atoms with Gasteiger partial charge in [-0.15, -0.1) is 0 Å². The lowest BCUT2D eigenvalue weighted by Gasteiger charge is -2.28. The molecular weight excluding hydrogens is 154 g/mol. The Hall–Kier alpha value is -0.570. The third-order valence-corrected chi connectivity index (χ3v) is 2.87. The third kappa shape index (κ3) is 1.04. The standard InChI is InChI=1S/C9H17NO2/c1-6(2)9(12)7(3)5-10(4)8(9)11/h6-7,12H,5H2,1-4H3. The lowest BCUT2D eigenvalue weighted by atomic mass is 9.82. The number of likely N-dealkylation sites (tertiary alicyclic amines) is 1.